The zero-order chi connectivity index (χ0) is 14.2. The minimum absolute atomic E-state index is 1.22. The smallest absolute Gasteiger partial charge is 0.00721 e. The molecular formula is C18H22S2. The van der Waals surface area contributed by atoms with Crippen LogP contribution in [0.1, 0.15) is 24.0 Å². The van der Waals surface area contributed by atoms with E-state index in [1.165, 1.54) is 45.3 Å². The molecule has 106 valence electrons. The molecule has 0 bridgehead atoms. The van der Waals surface area contributed by atoms with Crippen LogP contribution in [0, 0.1) is 13.8 Å². The van der Waals surface area contributed by atoms with E-state index >= 15 is 0 Å². The molecule has 0 saturated carbocycles. The summed E-state index contributed by atoms with van der Waals surface area (Å²) < 4.78 is 0. The van der Waals surface area contributed by atoms with Gasteiger partial charge in [0, 0.05) is 9.79 Å². The summed E-state index contributed by atoms with van der Waals surface area (Å²) in [6.45, 7) is 4.27. The predicted molar refractivity (Wildman–Crippen MR) is 93.0 cm³/mol. The van der Waals surface area contributed by atoms with E-state index in [0.29, 0.717) is 0 Å². The molecule has 0 nitrogen and oxygen atoms in total. The van der Waals surface area contributed by atoms with Gasteiger partial charge in [0.25, 0.3) is 0 Å². The van der Waals surface area contributed by atoms with E-state index < -0.39 is 0 Å². The Bertz CT molecular complexity index is 450. The van der Waals surface area contributed by atoms with Crippen molar-refractivity contribution in [2.45, 2.75) is 36.5 Å². The molecule has 0 aliphatic rings. The van der Waals surface area contributed by atoms with Gasteiger partial charge in [-0.2, -0.15) is 0 Å². The van der Waals surface area contributed by atoms with Crippen LogP contribution in [0.4, 0.5) is 0 Å². The summed E-state index contributed by atoms with van der Waals surface area (Å²) in [5.41, 5.74) is 2.67. The molecule has 0 N–H and O–H groups in total. The van der Waals surface area contributed by atoms with Crippen LogP contribution in [0.15, 0.2) is 58.3 Å². The second kappa shape index (κ2) is 8.43. The van der Waals surface area contributed by atoms with Crippen LogP contribution in [0.25, 0.3) is 0 Å². The first-order chi connectivity index (χ1) is 9.74. The lowest BCUT2D eigenvalue weighted by Gasteiger charge is -2.03. The van der Waals surface area contributed by atoms with E-state index in [2.05, 4.69) is 62.4 Å². The predicted octanol–water partition coefficient (Wildman–Crippen LogP) is 5.97. The third-order valence-corrected chi connectivity index (χ3v) is 5.31. The van der Waals surface area contributed by atoms with Crippen molar-refractivity contribution in [2.24, 2.45) is 0 Å². The van der Waals surface area contributed by atoms with E-state index in [4.69, 9.17) is 0 Å². The van der Waals surface area contributed by atoms with E-state index in [0.717, 1.165) is 0 Å². The number of unbranched alkanes of at least 4 members (excludes halogenated alkanes) is 1. The molecule has 0 aliphatic heterocycles. The fraction of sp³-hybridized carbons (Fsp3) is 0.333. The molecule has 20 heavy (non-hydrogen) atoms. The molecule has 0 radical (unpaired) electrons. The van der Waals surface area contributed by atoms with E-state index in [1.807, 2.05) is 23.5 Å². The molecule has 2 aromatic carbocycles. The minimum atomic E-state index is 1.22. The largest absolute Gasteiger partial charge is 0.126 e. The summed E-state index contributed by atoms with van der Waals surface area (Å²) in [7, 11) is 0. The highest BCUT2D eigenvalue weighted by Gasteiger charge is 1.96. The van der Waals surface area contributed by atoms with Gasteiger partial charge in [-0.15, -0.1) is 23.5 Å². The molecule has 2 rings (SSSR count). The van der Waals surface area contributed by atoms with Gasteiger partial charge in [-0.1, -0.05) is 35.4 Å². The van der Waals surface area contributed by atoms with E-state index in [-0.39, 0.29) is 0 Å². The maximum absolute atomic E-state index is 2.22. The summed E-state index contributed by atoms with van der Waals surface area (Å²) in [5, 5.41) is 0. The van der Waals surface area contributed by atoms with E-state index in [1.54, 1.807) is 0 Å². The SMILES string of the molecule is Cc1ccc(SCCCCSc2ccc(C)cc2)cc1. The normalized spacial score (nSPS) is 10.7. The Morgan fingerprint density at radius 1 is 0.600 bits per heavy atom. The quantitative estimate of drug-likeness (QED) is 0.456. The number of hydrogen-bond donors (Lipinski definition) is 0. The van der Waals surface area contributed by atoms with Crippen LogP contribution in [0.2, 0.25) is 0 Å². The fourth-order valence-corrected chi connectivity index (χ4v) is 3.68. The highest BCUT2D eigenvalue weighted by molar-refractivity contribution is 7.99. The van der Waals surface area contributed by atoms with Crippen molar-refractivity contribution in [3.63, 3.8) is 0 Å². The van der Waals surface area contributed by atoms with Gasteiger partial charge in [0.05, 0.1) is 0 Å². The van der Waals surface area contributed by atoms with Crippen LogP contribution >= 0.6 is 23.5 Å². The van der Waals surface area contributed by atoms with Crippen molar-refractivity contribution >= 4 is 23.5 Å². The van der Waals surface area contributed by atoms with Crippen LogP contribution in [-0.2, 0) is 0 Å². The average Bonchev–Trinajstić information content (AvgIpc) is 2.46. The van der Waals surface area contributed by atoms with Crippen molar-refractivity contribution in [1.29, 1.82) is 0 Å². The van der Waals surface area contributed by atoms with Gasteiger partial charge in [-0.25, -0.2) is 0 Å². The molecule has 2 heteroatoms. The summed E-state index contributed by atoms with van der Waals surface area (Å²) in [6, 6.07) is 17.7. The monoisotopic (exact) mass is 302 g/mol. The molecule has 0 aliphatic carbocycles. The van der Waals surface area contributed by atoms with Crippen molar-refractivity contribution in [2.75, 3.05) is 11.5 Å². The molecule has 0 spiro atoms. The Morgan fingerprint density at radius 2 is 0.950 bits per heavy atom. The molecule has 0 amide bonds. The minimum Gasteiger partial charge on any atom is -0.126 e. The fourth-order valence-electron chi connectivity index (χ4n) is 1.85. The Balaban J connectivity index is 1.57. The molecule has 0 atom stereocenters. The second-order valence-corrected chi connectivity index (χ2v) is 7.37. The van der Waals surface area contributed by atoms with Gasteiger partial charge >= 0.3 is 0 Å². The molecular weight excluding hydrogens is 280 g/mol. The highest BCUT2D eigenvalue weighted by Crippen LogP contribution is 2.22. The van der Waals surface area contributed by atoms with Crippen molar-refractivity contribution in [3.05, 3.63) is 59.7 Å². The van der Waals surface area contributed by atoms with Gasteiger partial charge in [0.15, 0.2) is 0 Å². The van der Waals surface area contributed by atoms with Crippen molar-refractivity contribution < 1.29 is 0 Å². The number of hydrogen-bond acceptors (Lipinski definition) is 2. The summed E-state index contributed by atoms with van der Waals surface area (Å²) in [6.07, 6.45) is 2.58. The van der Waals surface area contributed by atoms with Crippen molar-refractivity contribution in [3.8, 4) is 0 Å². The summed E-state index contributed by atoms with van der Waals surface area (Å²) in [4.78, 5) is 2.78. The zero-order valence-corrected chi connectivity index (χ0v) is 13.9. The maximum Gasteiger partial charge on any atom is 0.00721 e. The Kier molecular flexibility index (Phi) is 6.55. The third kappa shape index (κ3) is 5.64. The van der Waals surface area contributed by atoms with Crippen LogP contribution in [0.3, 0.4) is 0 Å². The first-order valence-electron chi connectivity index (χ1n) is 7.13. The highest BCUT2D eigenvalue weighted by atomic mass is 32.2. The third-order valence-electron chi connectivity index (χ3n) is 3.12. The Morgan fingerprint density at radius 3 is 1.30 bits per heavy atom. The van der Waals surface area contributed by atoms with Crippen molar-refractivity contribution in [1.82, 2.24) is 0 Å². The standard InChI is InChI=1S/C18H22S2/c1-15-5-9-17(10-6-15)19-13-3-4-14-20-18-11-7-16(2)8-12-18/h5-12H,3-4,13-14H2,1-2H3. The van der Waals surface area contributed by atoms with Crippen LogP contribution in [-0.4, -0.2) is 11.5 Å². The topological polar surface area (TPSA) is 0 Å². The van der Waals surface area contributed by atoms with Gasteiger partial charge in [-0.3, -0.25) is 0 Å². The average molecular weight is 303 g/mol. The maximum atomic E-state index is 2.22. The van der Waals surface area contributed by atoms with Gasteiger partial charge in [-0.05, 0) is 62.5 Å². The van der Waals surface area contributed by atoms with Crippen LogP contribution < -0.4 is 0 Å². The number of benzene rings is 2. The lowest BCUT2D eigenvalue weighted by atomic mass is 10.2. The molecule has 2 aromatic rings. The molecule has 0 heterocycles. The van der Waals surface area contributed by atoms with Gasteiger partial charge < -0.3 is 0 Å². The molecule has 0 saturated heterocycles. The molecule has 0 unspecified atom stereocenters. The summed E-state index contributed by atoms with van der Waals surface area (Å²) in [5.74, 6) is 2.44. The number of thioether (sulfide) groups is 2. The van der Waals surface area contributed by atoms with Crippen LogP contribution in [0.5, 0.6) is 0 Å². The van der Waals surface area contributed by atoms with Gasteiger partial charge in [0.1, 0.15) is 0 Å². The lowest BCUT2D eigenvalue weighted by molar-refractivity contribution is 0.907. The van der Waals surface area contributed by atoms with Gasteiger partial charge in [0.2, 0.25) is 0 Å². The second-order valence-electron chi connectivity index (χ2n) is 5.03. The summed E-state index contributed by atoms with van der Waals surface area (Å²) >= 11 is 3.94. The Labute approximate surface area is 131 Å². The number of aryl methyl sites for hydroxylation is 2. The number of rotatable bonds is 7. The molecule has 0 fully saturated rings. The zero-order valence-electron chi connectivity index (χ0n) is 12.3. The first kappa shape index (κ1) is 15.5. The Hall–Kier alpha value is -0.860. The lowest BCUT2D eigenvalue weighted by Crippen LogP contribution is -1.85. The first-order valence-corrected chi connectivity index (χ1v) is 9.10. The molecule has 0 aromatic heterocycles. The van der Waals surface area contributed by atoms with E-state index in [9.17, 15) is 0 Å².